The first-order valence-corrected chi connectivity index (χ1v) is 8.39. The third kappa shape index (κ3) is 3.92. The van der Waals surface area contributed by atoms with Gasteiger partial charge in [0, 0.05) is 37.3 Å². The summed E-state index contributed by atoms with van der Waals surface area (Å²) in [6.07, 6.45) is 0.922. The van der Waals surface area contributed by atoms with Crippen LogP contribution in [-0.4, -0.2) is 49.3 Å². The first kappa shape index (κ1) is 16.5. The smallest absolute Gasteiger partial charge is 0.138 e. The van der Waals surface area contributed by atoms with E-state index < -0.39 is 0 Å². The minimum absolute atomic E-state index is 0.922. The molecule has 2 heterocycles. The zero-order chi connectivity index (χ0) is 16.9. The molecule has 0 aliphatic carbocycles. The lowest BCUT2D eigenvalue weighted by molar-refractivity contribution is 0.412. The number of aryl methyl sites for hydroxylation is 1. The van der Waals surface area contributed by atoms with Gasteiger partial charge in [-0.1, -0.05) is 18.2 Å². The number of fused-ring (bicyclic) bond motifs is 1. The zero-order valence-corrected chi connectivity index (χ0v) is 14.7. The van der Waals surface area contributed by atoms with Crippen LogP contribution >= 0.6 is 0 Å². The number of para-hydroxylation sites is 1. The molecule has 0 saturated heterocycles. The van der Waals surface area contributed by atoms with Crippen LogP contribution in [0.5, 0.6) is 0 Å². The van der Waals surface area contributed by atoms with Crippen LogP contribution in [0.1, 0.15) is 17.7 Å². The normalized spacial score (nSPS) is 15.7. The van der Waals surface area contributed by atoms with Crippen molar-refractivity contribution in [1.29, 1.82) is 0 Å². The Morgan fingerprint density at radius 1 is 1.17 bits per heavy atom. The molecule has 5 heteroatoms. The summed E-state index contributed by atoms with van der Waals surface area (Å²) >= 11 is 0. The van der Waals surface area contributed by atoms with Gasteiger partial charge in [-0.25, -0.2) is 4.98 Å². The van der Waals surface area contributed by atoms with E-state index in [0.29, 0.717) is 0 Å². The van der Waals surface area contributed by atoms with Crippen LogP contribution in [0.3, 0.4) is 0 Å². The maximum atomic E-state index is 4.78. The molecular weight excluding hydrogens is 298 g/mol. The number of nitrogens with zero attached hydrogens (tertiary/aromatic N) is 4. The van der Waals surface area contributed by atoms with Gasteiger partial charge in [-0.05, 0) is 45.3 Å². The van der Waals surface area contributed by atoms with Gasteiger partial charge in [0.25, 0.3) is 0 Å². The highest BCUT2D eigenvalue weighted by atomic mass is 15.3. The summed E-state index contributed by atoms with van der Waals surface area (Å²) in [5.41, 5.74) is 7.42. The lowest BCUT2D eigenvalue weighted by Gasteiger charge is -2.31. The maximum Gasteiger partial charge on any atom is 0.138 e. The highest BCUT2D eigenvalue weighted by molar-refractivity contribution is 6.06. The van der Waals surface area contributed by atoms with Crippen LogP contribution in [0, 0.1) is 6.92 Å². The molecule has 1 aromatic heterocycles. The van der Waals surface area contributed by atoms with Crippen LogP contribution in [0.4, 0.5) is 11.5 Å². The van der Waals surface area contributed by atoms with Gasteiger partial charge < -0.3 is 9.80 Å². The summed E-state index contributed by atoms with van der Waals surface area (Å²) in [7, 11) is 4.20. The zero-order valence-electron chi connectivity index (χ0n) is 14.7. The van der Waals surface area contributed by atoms with Crippen LogP contribution in [0.2, 0.25) is 0 Å². The largest absolute Gasteiger partial charge is 0.354 e. The molecule has 0 fully saturated rings. The van der Waals surface area contributed by atoms with Gasteiger partial charge in [0.05, 0.1) is 11.4 Å². The Labute approximate surface area is 144 Å². The molecule has 126 valence electrons. The first-order valence-electron chi connectivity index (χ1n) is 8.39. The number of hydrazone groups is 1. The van der Waals surface area contributed by atoms with E-state index >= 15 is 0 Å². The monoisotopic (exact) mass is 323 g/mol. The van der Waals surface area contributed by atoms with Crippen molar-refractivity contribution >= 4 is 17.2 Å². The first-order chi connectivity index (χ1) is 11.6. The van der Waals surface area contributed by atoms with E-state index in [1.54, 1.807) is 0 Å². The topological polar surface area (TPSA) is 43.8 Å². The molecule has 0 atom stereocenters. The van der Waals surface area contributed by atoms with Gasteiger partial charge in [0.1, 0.15) is 5.82 Å². The molecule has 0 saturated carbocycles. The van der Waals surface area contributed by atoms with E-state index in [1.807, 2.05) is 37.3 Å². The number of nitrogens with one attached hydrogen (secondary N) is 1. The number of pyridine rings is 1. The van der Waals surface area contributed by atoms with Gasteiger partial charge in [0.2, 0.25) is 0 Å². The Bertz CT molecular complexity index is 709. The number of rotatable bonds is 5. The van der Waals surface area contributed by atoms with Crippen LogP contribution in [-0.2, 0) is 0 Å². The van der Waals surface area contributed by atoms with Crippen molar-refractivity contribution in [2.24, 2.45) is 5.10 Å². The number of hydrogen-bond acceptors (Lipinski definition) is 5. The minimum atomic E-state index is 0.922. The Balaban J connectivity index is 1.84. The quantitative estimate of drug-likeness (QED) is 0.859. The van der Waals surface area contributed by atoms with Crippen molar-refractivity contribution in [3.05, 3.63) is 53.7 Å². The van der Waals surface area contributed by atoms with E-state index in [4.69, 9.17) is 4.98 Å². The SMILES string of the molecule is Cc1ccc2c(n1)N(CCN(C)C)CC/C2=N\Nc1ccccc1. The number of aromatic nitrogens is 1. The number of benzene rings is 1. The molecule has 0 radical (unpaired) electrons. The summed E-state index contributed by atoms with van der Waals surface area (Å²) in [6, 6.07) is 14.3. The highest BCUT2D eigenvalue weighted by Gasteiger charge is 2.23. The summed E-state index contributed by atoms with van der Waals surface area (Å²) in [5.74, 6) is 1.05. The van der Waals surface area contributed by atoms with Gasteiger partial charge in [-0.15, -0.1) is 0 Å². The fraction of sp³-hybridized carbons (Fsp3) is 0.368. The van der Waals surface area contributed by atoms with Crippen molar-refractivity contribution in [3.63, 3.8) is 0 Å². The van der Waals surface area contributed by atoms with Gasteiger partial charge in [-0.3, -0.25) is 5.43 Å². The van der Waals surface area contributed by atoms with E-state index in [-0.39, 0.29) is 0 Å². The second-order valence-electron chi connectivity index (χ2n) is 6.40. The summed E-state index contributed by atoms with van der Waals surface area (Å²) in [5, 5.41) is 4.64. The van der Waals surface area contributed by atoms with Crippen molar-refractivity contribution in [1.82, 2.24) is 9.88 Å². The summed E-state index contributed by atoms with van der Waals surface area (Å²) in [4.78, 5) is 9.35. The number of hydrogen-bond donors (Lipinski definition) is 1. The fourth-order valence-corrected chi connectivity index (χ4v) is 2.79. The molecular formula is C19H25N5. The molecule has 0 bridgehead atoms. The molecule has 0 unspecified atom stereocenters. The number of anilines is 2. The number of likely N-dealkylation sites (N-methyl/N-ethyl adjacent to an activating group) is 1. The van der Waals surface area contributed by atoms with Crippen LogP contribution < -0.4 is 10.3 Å². The molecule has 1 N–H and O–H groups in total. The fourth-order valence-electron chi connectivity index (χ4n) is 2.79. The molecule has 2 aromatic rings. The molecule has 1 aliphatic heterocycles. The van der Waals surface area contributed by atoms with E-state index in [0.717, 1.165) is 54.5 Å². The predicted octanol–water partition coefficient (Wildman–Crippen LogP) is 2.98. The molecule has 24 heavy (non-hydrogen) atoms. The van der Waals surface area contributed by atoms with Crippen LogP contribution in [0.25, 0.3) is 0 Å². The predicted molar refractivity (Wildman–Crippen MR) is 101 cm³/mol. The average molecular weight is 323 g/mol. The Morgan fingerprint density at radius 3 is 2.71 bits per heavy atom. The molecule has 5 nitrogen and oxygen atoms in total. The van der Waals surface area contributed by atoms with Gasteiger partial charge in [0.15, 0.2) is 0 Å². The lowest BCUT2D eigenvalue weighted by atomic mass is 10.0. The average Bonchev–Trinajstić information content (AvgIpc) is 2.59. The second kappa shape index (κ2) is 7.45. The van der Waals surface area contributed by atoms with Crippen molar-refractivity contribution < 1.29 is 0 Å². The van der Waals surface area contributed by atoms with E-state index in [2.05, 4.69) is 46.6 Å². The lowest BCUT2D eigenvalue weighted by Crippen LogP contribution is -2.38. The van der Waals surface area contributed by atoms with Crippen molar-refractivity contribution in [3.8, 4) is 0 Å². The highest BCUT2D eigenvalue weighted by Crippen LogP contribution is 2.26. The van der Waals surface area contributed by atoms with Gasteiger partial charge in [-0.2, -0.15) is 5.10 Å². The Morgan fingerprint density at radius 2 is 1.96 bits per heavy atom. The molecule has 0 amide bonds. The van der Waals surface area contributed by atoms with E-state index in [9.17, 15) is 0 Å². The molecule has 1 aromatic carbocycles. The molecule has 3 rings (SSSR count). The van der Waals surface area contributed by atoms with Gasteiger partial charge >= 0.3 is 0 Å². The third-order valence-corrected chi connectivity index (χ3v) is 4.15. The Hall–Kier alpha value is -2.40. The van der Waals surface area contributed by atoms with Crippen molar-refractivity contribution in [2.45, 2.75) is 13.3 Å². The minimum Gasteiger partial charge on any atom is -0.354 e. The van der Waals surface area contributed by atoms with Crippen molar-refractivity contribution in [2.75, 3.05) is 44.1 Å². The summed E-state index contributed by atoms with van der Waals surface area (Å²) < 4.78 is 0. The summed E-state index contributed by atoms with van der Waals surface area (Å²) in [6.45, 7) is 4.99. The molecule has 0 spiro atoms. The van der Waals surface area contributed by atoms with E-state index in [1.165, 1.54) is 0 Å². The third-order valence-electron chi connectivity index (χ3n) is 4.15. The molecule has 1 aliphatic rings. The second-order valence-corrected chi connectivity index (χ2v) is 6.40. The van der Waals surface area contributed by atoms with Crippen LogP contribution in [0.15, 0.2) is 47.6 Å². The standard InChI is InChI=1S/C19H25N5/c1-15-9-10-17-18(22-21-16-7-5-4-6-8-16)11-12-24(19(17)20-15)14-13-23(2)3/h4-10,21H,11-14H2,1-3H3/b22-18+. The Kier molecular flexibility index (Phi) is 5.11. The maximum absolute atomic E-state index is 4.78.